The van der Waals surface area contributed by atoms with Gasteiger partial charge in [-0.25, -0.2) is 0 Å². The fraction of sp³-hybridized carbons (Fsp3) is 0.909. The Balaban J connectivity index is 1.95. The highest BCUT2D eigenvalue weighted by Gasteiger charge is 2.25. The molecule has 2 fully saturated rings. The van der Waals surface area contributed by atoms with E-state index in [1.54, 1.807) is 0 Å². The lowest BCUT2D eigenvalue weighted by Crippen LogP contribution is -2.46. The van der Waals surface area contributed by atoms with Crippen LogP contribution >= 0.6 is 11.8 Å². The van der Waals surface area contributed by atoms with E-state index in [9.17, 15) is 0 Å². The number of amidine groups is 1. The van der Waals surface area contributed by atoms with Gasteiger partial charge in [-0.3, -0.25) is 4.99 Å². The highest BCUT2D eigenvalue weighted by atomic mass is 32.2. The van der Waals surface area contributed by atoms with E-state index in [0.717, 1.165) is 0 Å². The quantitative estimate of drug-likeness (QED) is 0.723. The Labute approximate surface area is 90.9 Å². The highest BCUT2D eigenvalue weighted by molar-refractivity contribution is 8.13. The van der Waals surface area contributed by atoms with E-state index in [4.69, 9.17) is 4.99 Å². The minimum atomic E-state index is 0.253. The minimum Gasteiger partial charge on any atom is -0.360 e. The van der Waals surface area contributed by atoms with Gasteiger partial charge < -0.3 is 5.32 Å². The lowest BCUT2D eigenvalue weighted by Gasteiger charge is -2.32. The third-order valence-electron chi connectivity index (χ3n) is 3.04. The average Bonchev–Trinajstić information content (AvgIpc) is 2.54. The molecule has 0 aromatic carbocycles. The van der Waals surface area contributed by atoms with E-state index >= 15 is 0 Å². The number of aliphatic imine (C=N–C) groups is 1. The molecule has 0 unspecified atom stereocenters. The molecule has 0 spiro atoms. The molecular formula is C11H20N2S. The monoisotopic (exact) mass is 212 g/mol. The Morgan fingerprint density at radius 2 is 2.07 bits per heavy atom. The first-order valence-electron chi connectivity index (χ1n) is 5.64. The zero-order chi connectivity index (χ0) is 10.0. The summed E-state index contributed by atoms with van der Waals surface area (Å²) < 4.78 is 0. The van der Waals surface area contributed by atoms with Gasteiger partial charge in [-0.2, -0.15) is 0 Å². The summed E-state index contributed by atoms with van der Waals surface area (Å²) in [6, 6.07) is 0.610. The van der Waals surface area contributed by atoms with Crippen molar-refractivity contribution in [3.05, 3.63) is 0 Å². The van der Waals surface area contributed by atoms with E-state index in [2.05, 4.69) is 19.2 Å². The lowest BCUT2D eigenvalue weighted by molar-refractivity contribution is 0.445. The minimum absolute atomic E-state index is 0.253. The average molecular weight is 212 g/mol. The largest absolute Gasteiger partial charge is 0.360 e. The second-order valence-electron chi connectivity index (χ2n) is 4.98. The topological polar surface area (TPSA) is 24.4 Å². The number of hydrogen-bond donors (Lipinski definition) is 1. The molecule has 0 amide bonds. The zero-order valence-electron chi connectivity index (χ0n) is 9.18. The van der Waals surface area contributed by atoms with Crippen LogP contribution in [0, 0.1) is 0 Å². The molecule has 1 N–H and O–H groups in total. The maximum absolute atomic E-state index is 4.80. The van der Waals surface area contributed by atoms with E-state index in [0.29, 0.717) is 6.04 Å². The molecule has 0 aromatic heterocycles. The molecule has 0 aromatic rings. The van der Waals surface area contributed by atoms with Crippen molar-refractivity contribution in [2.75, 3.05) is 5.75 Å². The van der Waals surface area contributed by atoms with Gasteiger partial charge >= 0.3 is 0 Å². The number of nitrogens with one attached hydrogen (secondary N) is 1. The summed E-state index contributed by atoms with van der Waals surface area (Å²) in [6.07, 6.45) is 6.57. The molecule has 1 aliphatic heterocycles. The van der Waals surface area contributed by atoms with Crippen LogP contribution in [0.4, 0.5) is 0 Å². The standard InChI is InChI=1S/C11H20N2S/c1-11(2)7-8-14-10(13-11)12-9-5-3-4-6-9/h9H,3-8H2,1-2H3,(H,12,13). The third kappa shape index (κ3) is 2.66. The zero-order valence-corrected chi connectivity index (χ0v) is 9.99. The lowest BCUT2D eigenvalue weighted by atomic mass is 10.0. The Morgan fingerprint density at radius 3 is 2.71 bits per heavy atom. The van der Waals surface area contributed by atoms with Crippen LogP contribution in [0.3, 0.4) is 0 Å². The smallest absolute Gasteiger partial charge is 0.157 e. The van der Waals surface area contributed by atoms with Crippen molar-refractivity contribution < 1.29 is 0 Å². The summed E-state index contributed by atoms with van der Waals surface area (Å²) in [6.45, 7) is 4.52. The molecule has 0 bridgehead atoms. The van der Waals surface area contributed by atoms with Crippen molar-refractivity contribution in [1.82, 2.24) is 5.32 Å². The van der Waals surface area contributed by atoms with Gasteiger partial charge in [0, 0.05) is 11.3 Å². The molecule has 1 heterocycles. The number of hydrogen-bond acceptors (Lipinski definition) is 2. The molecule has 2 nitrogen and oxygen atoms in total. The van der Waals surface area contributed by atoms with E-state index in [1.807, 2.05) is 11.8 Å². The molecule has 1 saturated carbocycles. The number of thioether (sulfide) groups is 1. The summed E-state index contributed by atoms with van der Waals surface area (Å²) in [7, 11) is 0. The normalized spacial score (nSPS) is 30.6. The summed E-state index contributed by atoms with van der Waals surface area (Å²) >= 11 is 1.89. The van der Waals surface area contributed by atoms with E-state index < -0.39 is 0 Å². The van der Waals surface area contributed by atoms with Crippen LogP contribution in [0.15, 0.2) is 4.99 Å². The van der Waals surface area contributed by atoms with Crippen LogP contribution in [0.1, 0.15) is 46.0 Å². The summed E-state index contributed by atoms with van der Waals surface area (Å²) in [5, 5.41) is 4.72. The van der Waals surface area contributed by atoms with Gasteiger partial charge in [-0.05, 0) is 33.1 Å². The molecule has 1 saturated heterocycles. The van der Waals surface area contributed by atoms with Crippen LogP contribution in [0.25, 0.3) is 0 Å². The van der Waals surface area contributed by atoms with Crippen LogP contribution in [-0.2, 0) is 0 Å². The highest BCUT2D eigenvalue weighted by Crippen LogP contribution is 2.25. The van der Waals surface area contributed by atoms with Crippen molar-refractivity contribution >= 4 is 16.9 Å². The van der Waals surface area contributed by atoms with Gasteiger partial charge in [-0.15, -0.1) is 0 Å². The van der Waals surface area contributed by atoms with Gasteiger partial charge in [0.1, 0.15) is 0 Å². The molecule has 2 aliphatic rings. The van der Waals surface area contributed by atoms with E-state index in [1.165, 1.54) is 43.0 Å². The number of rotatable bonds is 1. The molecule has 0 atom stereocenters. The molecule has 2 rings (SSSR count). The second kappa shape index (κ2) is 4.13. The molecular weight excluding hydrogens is 192 g/mol. The molecule has 1 aliphatic carbocycles. The van der Waals surface area contributed by atoms with Crippen molar-refractivity contribution in [3.63, 3.8) is 0 Å². The van der Waals surface area contributed by atoms with Gasteiger partial charge in [0.15, 0.2) is 5.17 Å². The molecule has 80 valence electrons. The maximum atomic E-state index is 4.80. The summed E-state index contributed by atoms with van der Waals surface area (Å²) in [4.78, 5) is 4.80. The van der Waals surface area contributed by atoms with Crippen molar-refractivity contribution in [2.24, 2.45) is 4.99 Å². The first-order valence-corrected chi connectivity index (χ1v) is 6.63. The molecule has 3 heteroatoms. The van der Waals surface area contributed by atoms with Gasteiger partial charge in [-0.1, -0.05) is 24.6 Å². The Hall–Kier alpha value is -0.180. The molecule has 14 heavy (non-hydrogen) atoms. The Morgan fingerprint density at radius 1 is 1.36 bits per heavy atom. The van der Waals surface area contributed by atoms with Gasteiger partial charge in [0.2, 0.25) is 0 Å². The van der Waals surface area contributed by atoms with Crippen LogP contribution in [0.5, 0.6) is 0 Å². The fourth-order valence-corrected chi connectivity index (χ4v) is 3.44. The summed E-state index contributed by atoms with van der Waals surface area (Å²) in [5.41, 5.74) is 0.253. The van der Waals surface area contributed by atoms with Gasteiger partial charge in [0.05, 0.1) is 6.04 Å². The van der Waals surface area contributed by atoms with Crippen LogP contribution < -0.4 is 5.32 Å². The van der Waals surface area contributed by atoms with Crippen molar-refractivity contribution in [2.45, 2.75) is 57.5 Å². The second-order valence-corrected chi connectivity index (χ2v) is 6.06. The third-order valence-corrected chi connectivity index (χ3v) is 3.92. The first kappa shape index (κ1) is 10.3. The number of nitrogens with zero attached hydrogens (tertiary/aromatic N) is 1. The Bertz CT molecular complexity index is 229. The predicted molar refractivity (Wildman–Crippen MR) is 64.0 cm³/mol. The Kier molecular flexibility index (Phi) is 3.05. The summed E-state index contributed by atoms with van der Waals surface area (Å²) in [5.74, 6) is 1.21. The first-order chi connectivity index (χ1) is 6.66. The van der Waals surface area contributed by atoms with Crippen LogP contribution in [0.2, 0.25) is 0 Å². The van der Waals surface area contributed by atoms with Gasteiger partial charge in [0.25, 0.3) is 0 Å². The predicted octanol–water partition coefficient (Wildman–Crippen LogP) is 2.79. The van der Waals surface area contributed by atoms with Crippen LogP contribution in [-0.4, -0.2) is 22.5 Å². The molecule has 0 radical (unpaired) electrons. The van der Waals surface area contributed by atoms with E-state index in [-0.39, 0.29) is 5.54 Å². The fourth-order valence-electron chi connectivity index (χ4n) is 2.06. The van der Waals surface area contributed by atoms with Crippen molar-refractivity contribution in [3.8, 4) is 0 Å². The van der Waals surface area contributed by atoms with Crippen molar-refractivity contribution in [1.29, 1.82) is 0 Å². The SMILES string of the molecule is CC1(C)CCSC(=NC2CCCC2)N1. The maximum Gasteiger partial charge on any atom is 0.157 e.